The maximum absolute atomic E-state index is 13.7. The maximum Gasteiger partial charge on any atom is 0.238 e. The van der Waals surface area contributed by atoms with Crippen LogP contribution in [0.2, 0.25) is 0 Å². The number of primary sulfonamides is 1. The molecule has 2 atom stereocenters. The van der Waals surface area contributed by atoms with E-state index in [2.05, 4.69) is 15.9 Å². The van der Waals surface area contributed by atoms with E-state index in [1.165, 1.54) is 18.2 Å². The van der Waals surface area contributed by atoms with Crippen LogP contribution >= 0.6 is 15.9 Å². The molecule has 1 unspecified atom stereocenters. The first-order valence-corrected chi connectivity index (χ1v) is 10.7. The molecule has 4 rings (SSSR count). The van der Waals surface area contributed by atoms with E-state index in [9.17, 15) is 12.8 Å². The Morgan fingerprint density at radius 3 is 2.79 bits per heavy atom. The Labute approximate surface area is 169 Å². The van der Waals surface area contributed by atoms with Crippen molar-refractivity contribution in [3.63, 3.8) is 0 Å². The van der Waals surface area contributed by atoms with Gasteiger partial charge >= 0.3 is 0 Å². The molecule has 1 heterocycles. The molecule has 10 heteroatoms. The van der Waals surface area contributed by atoms with Gasteiger partial charge in [-0.3, -0.25) is 0 Å². The summed E-state index contributed by atoms with van der Waals surface area (Å²) < 4.78 is 55.4. The summed E-state index contributed by atoms with van der Waals surface area (Å²) in [5, 5.41) is 14.0. The third-order valence-electron chi connectivity index (χ3n) is 4.62. The molecule has 1 fully saturated rings. The molecule has 0 aromatic heterocycles. The minimum absolute atomic E-state index is 0.105. The second-order valence-corrected chi connectivity index (χ2v) is 8.99. The quantitative estimate of drug-likeness (QED) is 0.692. The fraction of sp³-hybridized carbons (Fsp3) is 0.278. The molecule has 0 bridgehead atoms. The monoisotopic (exact) mass is 468 g/mol. The molecule has 2 aromatic carbocycles. The van der Waals surface area contributed by atoms with Crippen molar-refractivity contribution in [1.29, 1.82) is 5.26 Å². The van der Waals surface area contributed by atoms with Crippen molar-refractivity contribution in [1.82, 2.24) is 0 Å². The van der Waals surface area contributed by atoms with E-state index in [0.29, 0.717) is 29.7 Å². The van der Waals surface area contributed by atoms with Crippen molar-refractivity contribution < 1.29 is 27.0 Å². The van der Waals surface area contributed by atoms with Crippen molar-refractivity contribution in [3.8, 4) is 17.6 Å². The Bertz CT molecular complexity index is 1120. The third kappa shape index (κ3) is 3.29. The molecule has 2 aromatic rings. The molecule has 1 aliphatic heterocycles. The number of nitrogens with zero attached hydrogens (tertiary/aromatic N) is 1. The molecule has 7 nitrogen and oxygen atoms in total. The summed E-state index contributed by atoms with van der Waals surface area (Å²) in [6, 6.07) is 8.25. The third-order valence-corrected chi connectivity index (χ3v) is 6.02. The molecule has 1 saturated heterocycles. The fourth-order valence-corrected chi connectivity index (χ4v) is 4.83. The summed E-state index contributed by atoms with van der Waals surface area (Å²) in [4.78, 5) is -0.106. The molecule has 146 valence electrons. The van der Waals surface area contributed by atoms with Gasteiger partial charge in [-0.05, 0) is 30.7 Å². The van der Waals surface area contributed by atoms with Crippen LogP contribution in [0.3, 0.4) is 0 Å². The van der Waals surface area contributed by atoms with E-state index in [4.69, 9.17) is 24.6 Å². The number of nitriles is 1. The Morgan fingerprint density at radius 2 is 2.14 bits per heavy atom. The lowest BCUT2D eigenvalue weighted by molar-refractivity contribution is -0.167. The molecule has 0 amide bonds. The van der Waals surface area contributed by atoms with Gasteiger partial charge in [0, 0.05) is 23.6 Å². The highest BCUT2D eigenvalue weighted by molar-refractivity contribution is 9.09. The van der Waals surface area contributed by atoms with Crippen molar-refractivity contribution in [2.75, 3.05) is 6.61 Å². The van der Waals surface area contributed by atoms with Gasteiger partial charge in [0.25, 0.3) is 0 Å². The van der Waals surface area contributed by atoms with Crippen LogP contribution in [-0.4, -0.2) is 20.0 Å². The lowest BCUT2D eigenvalue weighted by Crippen LogP contribution is -2.28. The van der Waals surface area contributed by atoms with E-state index in [0.717, 1.165) is 12.1 Å². The van der Waals surface area contributed by atoms with Crippen molar-refractivity contribution >= 4 is 26.0 Å². The summed E-state index contributed by atoms with van der Waals surface area (Å²) in [7, 11) is -4.05. The van der Waals surface area contributed by atoms with Crippen LogP contribution in [-0.2, 0) is 31.7 Å². The van der Waals surface area contributed by atoms with Crippen LogP contribution in [0, 0.1) is 17.1 Å². The Morgan fingerprint density at radius 1 is 1.36 bits per heavy atom. The van der Waals surface area contributed by atoms with Gasteiger partial charge in [-0.15, -0.1) is 0 Å². The smallest absolute Gasteiger partial charge is 0.238 e. The Kier molecular flexibility index (Phi) is 4.68. The lowest BCUT2D eigenvalue weighted by Gasteiger charge is -2.25. The minimum atomic E-state index is -4.05. The van der Waals surface area contributed by atoms with Gasteiger partial charge in [-0.1, -0.05) is 15.9 Å². The van der Waals surface area contributed by atoms with E-state index in [1.54, 1.807) is 0 Å². The largest absolute Gasteiger partial charge is 0.457 e. The van der Waals surface area contributed by atoms with Crippen molar-refractivity contribution in [2.24, 2.45) is 5.14 Å². The predicted molar refractivity (Wildman–Crippen MR) is 98.8 cm³/mol. The van der Waals surface area contributed by atoms with Gasteiger partial charge in [0.15, 0.2) is 5.79 Å². The van der Waals surface area contributed by atoms with Gasteiger partial charge in [-0.2, -0.15) is 5.26 Å². The van der Waals surface area contributed by atoms with Crippen molar-refractivity contribution in [3.05, 3.63) is 52.8 Å². The number of benzene rings is 2. The molecule has 1 aliphatic carbocycles. The number of sulfonamides is 1. The Hall–Kier alpha value is -2.03. The second kappa shape index (κ2) is 6.79. The van der Waals surface area contributed by atoms with Gasteiger partial charge < -0.3 is 14.2 Å². The average molecular weight is 469 g/mol. The van der Waals surface area contributed by atoms with E-state index >= 15 is 0 Å². The first kappa shape index (κ1) is 19.3. The number of hydrogen-bond donors (Lipinski definition) is 1. The number of alkyl halides is 1. The van der Waals surface area contributed by atoms with Gasteiger partial charge in [-0.25, -0.2) is 17.9 Å². The van der Waals surface area contributed by atoms with E-state index in [1.807, 2.05) is 6.07 Å². The van der Waals surface area contributed by atoms with Gasteiger partial charge in [0.2, 0.25) is 10.0 Å². The normalized spacial score (nSPS) is 23.6. The minimum Gasteiger partial charge on any atom is -0.457 e. The van der Waals surface area contributed by atoms with Crippen LogP contribution in [0.25, 0.3) is 0 Å². The zero-order chi connectivity index (χ0) is 20.1. The first-order valence-electron chi connectivity index (χ1n) is 8.25. The van der Waals surface area contributed by atoms with E-state index in [-0.39, 0.29) is 22.8 Å². The highest BCUT2D eigenvalue weighted by Gasteiger charge is 2.50. The number of fused-ring (bicyclic) bond motifs is 2. The van der Waals surface area contributed by atoms with Crippen LogP contribution in [0.1, 0.15) is 23.1 Å². The van der Waals surface area contributed by atoms with Gasteiger partial charge in [0.1, 0.15) is 22.3 Å². The van der Waals surface area contributed by atoms with Crippen LogP contribution in [0.15, 0.2) is 35.2 Å². The number of hydrogen-bond acceptors (Lipinski definition) is 6. The van der Waals surface area contributed by atoms with Crippen molar-refractivity contribution in [2.45, 2.75) is 28.5 Å². The number of nitrogens with two attached hydrogens (primary N) is 1. The zero-order valence-electron chi connectivity index (χ0n) is 14.3. The molecule has 2 aliphatic rings. The average Bonchev–Trinajstić information content (AvgIpc) is 3.18. The highest BCUT2D eigenvalue weighted by Crippen LogP contribution is 2.51. The number of rotatable bonds is 3. The summed E-state index contributed by atoms with van der Waals surface area (Å²) in [5.74, 6) is -1.42. The molecule has 1 spiro atoms. The fourth-order valence-electron chi connectivity index (χ4n) is 3.57. The number of ether oxygens (including phenoxy) is 3. The summed E-state index contributed by atoms with van der Waals surface area (Å²) in [5.41, 5.74) is 0.955. The van der Waals surface area contributed by atoms with Crippen LogP contribution < -0.4 is 9.88 Å². The lowest BCUT2D eigenvalue weighted by atomic mass is 10.1. The van der Waals surface area contributed by atoms with E-state index < -0.39 is 26.6 Å². The van der Waals surface area contributed by atoms with Crippen LogP contribution in [0.5, 0.6) is 11.5 Å². The second-order valence-electron chi connectivity index (χ2n) is 6.44. The molecular formula is C18H14BrFN2O5S. The predicted octanol–water partition coefficient (Wildman–Crippen LogP) is 3.00. The summed E-state index contributed by atoms with van der Waals surface area (Å²) >= 11 is 3.31. The standard InChI is InChI=1S/C18H14BrFN2O5S/c19-16-9-25-18(27-16)4-3-13-14(1-2-15(17(13)18)28(22,23)24)26-12-6-10(8-21)5-11(20)7-12/h1-2,5-7,16H,3-4,9H2,(H2,22,23,24)/t16-,18?/m0/s1. The van der Waals surface area contributed by atoms with Crippen LogP contribution in [0.4, 0.5) is 4.39 Å². The first-order chi connectivity index (χ1) is 13.2. The maximum atomic E-state index is 13.7. The molecule has 0 saturated carbocycles. The zero-order valence-corrected chi connectivity index (χ0v) is 16.7. The summed E-state index contributed by atoms with van der Waals surface area (Å²) in [6.45, 7) is 0.240. The SMILES string of the molecule is N#Cc1cc(F)cc(Oc2ccc(S(N)(=O)=O)c3c2CCC32OC[C@@H](Br)O2)c1. The number of halogens is 2. The molecule has 2 N–H and O–H groups in total. The highest BCUT2D eigenvalue weighted by atomic mass is 79.9. The molecule has 28 heavy (non-hydrogen) atoms. The van der Waals surface area contributed by atoms with Gasteiger partial charge in [0.05, 0.1) is 23.1 Å². The topological polar surface area (TPSA) is 112 Å². The Balaban J connectivity index is 1.84. The summed E-state index contributed by atoms with van der Waals surface area (Å²) in [6.07, 6.45) is 0.786. The molecular weight excluding hydrogens is 455 g/mol. The molecule has 0 radical (unpaired) electrons.